The van der Waals surface area contributed by atoms with E-state index >= 15 is 0 Å². The van der Waals surface area contributed by atoms with E-state index in [-0.39, 0.29) is 24.9 Å². The number of fused-ring (bicyclic) bond motifs is 1. The molecule has 0 radical (unpaired) electrons. The van der Waals surface area contributed by atoms with Gasteiger partial charge in [0.15, 0.2) is 0 Å². The summed E-state index contributed by atoms with van der Waals surface area (Å²) in [5.41, 5.74) is 4.55. The fourth-order valence-corrected chi connectivity index (χ4v) is 3.38. The van der Waals surface area contributed by atoms with Crippen molar-refractivity contribution in [3.63, 3.8) is 0 Å². The Hall–Kier alpha value is -3.15. The Labute approximate surface area is 157 Å². The molecule has 0 spiro atoms. The second kappa shape index (κ2) is 6.87. The fraction of sp³-hybridized carbons (Fsp3) is 0.286. The van der Waals surface area contributed by atoms with Gasteiger partial charge in [-0.05, 0) is 37.6 Å². The number of ether oxygens (including phenoxy) is 1. The first kappa shape index (κ1) is 17.3. The van der Waals surface area contributed by atoms with Gasteiger partial charge < -0.3 is 14.0 Å². The van der Waals surface area contributed by atoms with Crippen molar-refractivity contribution in [2.75, 3.05) is 11.4 Å². The lowest BCUT2D eigenvalue weighted by Gasteiger charge is -2.16. The molecule has 2 aromatic heterocycles. The Morgan fingerprint density at radius 2 is 2.00 bits per heavy atom. The number of nitrogens with zero attached hydrogens (tertiary/aromatic N) is 3. The molecule has 1 saturated heterocycles. The van der Waals surface area contributed by atoms with Crippen LogP contribution < -0.4 is 4.90 Å². The van der Waals surface area contributed by atoms with Crippen LogP contribution in [0.25, 0.3) is 5.65 Å². The van der Waals surface area contributed by atoms with Crippen LogP contribution in [-0.4, -0.2) is 27.8 Å². The van der Waals surface area contributed by atoms with Gasteiger partial charge in [-0.2, -0.15) is 0 Å². The number of imidazole rings is 1. The molecule has 1 aliphatic heterocycles. The number of carbonyl (C=O) groups is 2. The fourth-order valence-electron chi connectivity index (χ4n) is 3.38. The van der Waals surface area contributed by atoms with Gasteiger partial charge in [0.1, 0.15) is 12.3 Å². The number of aromatic nitrogens is 2. The molecule has 4 rings (SSSR count). The number of pyridine rings is 1. The summed E-state index contributed by atoms with van der Waals surface area (Å²) in [5.74, 6) is -0.853. The Morgan fingerprint density at radius 3 is 2.74 bits per heavy atom. The summed E-state index contributed by atoms with van der Waals surface area (Å²) >= 11 is 0. The zero-order chi connectivity index (χ0) is 19.0. The zero-order valence-electron chi connectivity index (χ0n) is 15.4. The summed E-state index contributed by atoms with van der Waals surface area (Å²) in [7, 11) is 0. The maximum atomic E-state index is 12.4. The molecule has 0 N–H and O–H groups in total. The normalized spacial score (nSPS) is 16.9. The molecule has 1 amide bonds. The number of carbonyl (C=O) groups excluding carboxylic acids is 2. The smallest absolute Gasteiger partial charge is 0.311 e. The van der Waals surface area contributed by atoms with Gasteiger partial charge in [0.2, 0.25) is 5.91 Å². The molecule has 0 saturated carbocycles. The second-order valence-electron chi connectivity index (χ2n) is 7.00. The average Bonchev–Trinajstić information content (AvgIpc) is 3.25. The highest BCUT2D eigenvalue weighted by Crippen LogP contribution is 2.26. The highest BCUT2D eigenvalue weighted by Gasteiger charge is 2.36. The molecule has 3 heterocycles. The SMILES string of the molecule is Cc1ccc(N2CC(C(=O)OCc3cn4cccc(C)c4n3)CC2=O)cc1. The molecule has 1 aromatic carbocycles. The number of anilines is 1. The molecule has 6 nitrogen and oxygen atoms in total. The lowest BCUT2D eigenvalue weighted by molar-refractivity contribution is -0.149. The first-order valence-corrected chi connectivity index (χ1v) is 8.98. The van der Waals surface area contributed by atoms with E-state index in [1.807, 2.05) is 67.0 Å². The number of amides is 1. The number of hydrogen-bond donors (Lipinski definition) is 0. The van der Waals surface area contributed by atoms with Crippen molar-refractivity contribution >= 4 is 23.2 Å². The zero-order valence-corrected chi connectivity index (χ0v) is 15.4. The van der Waals surface area contributed by atoms with Crippen LogP contribution in [0, 0.1) is 19.8 Å². The molecule has 0 aliphatic carbocycles. The molecule has 1 fully saturated rings. The van der Waals surface area contributed by atoms with Gasteiger partial charge in [-0.15, -0.1) is 0 Å². The topological polar surface area (TPSA) is 63.9 Å². The monoisotopic (exact) mass is 363 g/mol. The molecule has 1 atom stereocenters. The lowest BCUT2D eigenvalue weighted by atomic mass is 10.1. The summed E-state index contributed by atoms with van der Waals surface area (Å²) in [4.78, 5) is 30.9. The van der Waals surface area contributed by atoms with E-state index in [0.717, 1.165) is 22.5 Å². The molecule has 1 aliphatic rings. The van der Waals surface area contributed by atoms with Crippen molar-refractivity contribution in [1.82, 2.24) is 9.38 Å². The predicted octanol–water partition coefficient (Wildman–Crippen LogP) is 3.05. The van der Waals surface area contributed by atoms with Crippen molar-refractivity contribution in [2.45, 2.75) is 26.9 Å². The molecule has 1 unspecified atom stereocenters. The van der Waals surface area contributed by atoms with Gasteiger partial charge in [-0.3, -0.25) is 9.59 Å². The van der Waals surface area contributed by atoms with E-state index in [0.29, 0.717) is 12.2 Å². The van der Waals surface area contributed by atoms with E-state index in [1.54, 1.807) is 4.90 Å². The van der Waals surface area contributed by atoms with Crippen LogP contribution in [0.15, 0.2) is 48.8 Å². The summed E-state index contributed by atoms with van der Waals surface area (Å²) < 4.78 is 7.35. The lowest BCUT2D eigenvalue weighted by Crippen LogP contribution is -2.26. The minimum atomic E-state index is -0.447. The molecular weight excluding hydrogens is 342 g/mol. The maximum Gasteiger partial charge on any atom is 0.311 e. The number of hydrogen-bond acceptors (Lipinski definition) is 4. The van der Waals surface area contributed by atoms with Gasteiger partial charge in [-0.25, -0.2) is 4.98 Å². The van der Waals surface area contributed by atoms with Crippen molar-refractivity contribution in [3.05, 3.63) is 65.6 Å². The van der Waals surface area contributed by atoms with Gasteiger partial charge in [0, 0.05) is 31.0 Å². The molecule has 6 heteroatoms. The van der Waals surface area contributed by atoms with Crippen molar-refractivity contribution in [1.29, 1.82) is 0 Å². The standard InChI is InChI=1S/C21H21N3O3/c1-14-5-7-18(8-6-14)24-11-16(10-19(24)25)21(26)27-13-17-12-23-9-3-4-15(2)20(23)22-17/h3-9,12,16H,10-11,13H2,1-2H3. The number of rotatable bonds is 4. The van der Waals surface area contributed by atoms with Crippen LogP contribution in [0.3, 0.4) is 0 Å². The van der Waals surface area contributed by atoms with Crippen molar-refractivity contribution < 1.29 is 14.3 Å². The van der Waals surface area contributed by atoms with Crippen LogP contribution >= 0.6 is 0 Å². The molecule has 27 heavy (non-hydrogen) atoms. The average molecular weight is 363 g/mol. The highest BCUT2D eigenvalue weighted by atomic mass is 16.5. The summed E-state index contributed by atoms with van der Waals surface area (Å²) in [6.07, 6.45) is 3.95. The predicted molar refractivity (Wildman–Crippen MR) is 101 cm³/mol. The van der Waals surface area contributed by atoms with Crippen LogP contribution in [-0.2, 0) is 20.9 Å². The largest absolute Gasteiger partial charge is 0.459 e. The van der Waals surface area contributed by atoms with Crippen LogP contribution in [0.2, 0.25) is 0 Å². The quantitative estimate of drug-likeness (QED) is 0.669. The summed E-state index contributed by atoms with van der Waals surface area (Å²) in [6.45, 7) is 4.44. The third-order valence-corrected chi connectivity index (χ3v) is 4.89. The van der Waals surface area contributed by atoms with Crippen molar-refractivity contribution in [3.8, 4) is 0 Å². The van der Waals surface area contributed by atoms with E-state index in [1.165, 1.54) is 0 Å². The first-order valence-electron chi connectivity index (χ1n) is 8.98. The Kier molecular flexibility index (Phi) is 4.39. The Morgan fingerprint density at radius 1 is 1.22 bits per heavy atom. The van der Waals surface area contributed by atoms with Gasteiger partial charge >= 0.3 is 5.97 Å². The maximum absolute atomic E-state index is 12.4. The Bertz CT molecular complexity index is 1010. The number of aryl methyl sites for hydroxylation is 2. The van der Waals surface area contributed by atoms with Crippen LogP contribution in [0.5, 0.6) is 0 Å². The van der Waals surface area contributed by atoms with Crippen LogP contribution in [0.4, 0.5) is 5.69 Å². The summed E-state index contributed by atoms with van der Waals surface area (Å²) in [6, 6.07) is 11.7. The first-order chi connectivity index (χ1) is 13.0. The third kappa shape index (κ3) is 3.43. The molecule has 0 bridgehead atoms. The van der Waals surface area contributed by atoms with E-state index in [2.05, 4.69) is 4.98 Å². The van der Waals surface area contributed by atoms with E-state index < -0.39 is 5.92 Å². The molecule has 3 aromatic rings. The second-order valence-corrected chi connectivity index (χ2v) is 7.00. The minimum Gasteiger partial charge on any atom is -0.459 e. The van der Waals surface area contributed by atoms with Crippen LogP contribution in [0.1, 0.15) is 23.2 Å². The molecular formula is C21H21N3O3. The van der Waals surface area contributed by atoms with Crippen molar-refractivity contribution in [2.24, 2.45) is 5.92 Å². The Balaban J connectivity index is 1.40. The number of benzene rings is 1. The van der Waals surface area contributed by atoms with E-state index in [9.17, 15) is 9.59 Å². The minimum absolute atomic E-state index is 0.0517. The van der Waals surface area contributed by atoms with Gasteiger partial charge in [0.25, 0.3) is 0 Å². The highest BCUT2D eigenvalue weighted by molar-refractivity contribution is 5.99. The van der Waals surface area contributed by atoms with E-state index in [4.69, 9.17) is 4.74 Å². The van der Waals surface area contributed by atoms with Gasteiger partial charge in [-0.1, -0.05) is 23.8 Å². The number of esters is 1. The third-order valence-electron chi connectivity index (χ3n) is 4.89. The van der Waals surface area contributed by atoms with Gasteiger partial charge in [0.05, 0.1) is 11.6 Å². The summed E-state index contributed by atoms with van der Waals surface area (Å²) in [5, 5.41) is 0. The molecule has 138 valence electrons.